The highest BCUT2D eigenvalue weighted by Crippen LogP contribution is 2.20. The molecule has 0 aliphatic rings. The van der Waals surface area contributed by atoms with Gasteiger partial charge in [0, 0.05) is 33.3 Å². The molecule has 1 heterocycles. The summed E-state index contributed by atoms with van der Waals surface area (Å²) in [6, 6.07) is 1.90. The number of rotatable bonds is 8. The van der Waals surface area contributed by atoms with Gasteiger partial charge < -0.3 is 15.1 Å². The molecule has 0 atom stereocenters. The lowest BCUT2D eigenvalue weighted by Gasteiger charge is -2.25. The van der Waals surface area contributed by atoms with E-state index in [2.05, 4.69) is 22.2 Å². The molecular formula is C14H25N5OS. The number of carbonyl (C=O) groups excluding carboxylic acids is 1. The van der Waals surface area contributed by atoms with Gasteiger partial charge in [-0.05, 0) is 19.6 Å². The third kappa shape index (κ3) is 5.41. The standard InChI is InChI=1S/C14H25N5OS/c1-6-8-19(10-13(20)18(3)4)12-9-11(15-7-2)16-14(17-12)21-5/h9H,6-8,10H2,1-5H3,(H,15,16,17). The summed E-state index contributed by atoms with van der Waals surface area (Å²) < 4.78 is 0. The van der Waals surface area contributed by atoms with Crippen LogP contribution >= 0.6 is 11.8 Å². The van der Waals surface area contributed by atoms with Gasteiger partial charge in [-0.25, -0.2) is 9.97 Å². The van der Waals surface area contributed by atoms with Crippen molar-refractivity contribution in [1.29, 1.82) is 0 Å². The summed E-state index contributed by atoms with van der Waals surface area (Å²) in [4.78, 5) is 24.5. The van der Waals surface area contributed by atoms with E-state index in [4.69, 9.17) is 0 Å². The second kappa shape index (κ2) is 8.71. The largest absolute Gasteiger partial charge is 0.370 e. The van der Waals surface area contributed by atoms with Crippen molar-refractivity contribution in [3.63, 3.8) is 0 Å². The lowest BCUT2D eigenvalue weighted by molar-refractivity contribution is -0.127. The van der Waals surface area contributed by atoms with Crippen molar-refractivity contribution in [2.45, 2.75) is 25.4 Å². The van der Waals surface area contributed by atoms with Crippen LogP contribution < -0.4 is 10.2 Å². The summed E-state index contributed by atoms with van der Waals surface area (Å²) in [5.41, 5.74) is 0. The predicted octanol–water partition coefficient (Wildman–Crippen LogP) is 1.93. The molecule has 1 rings (SSSR count). The second-order valence-corrected chi connectivity index (χ2v) is 5.61. The maximum atomic E-state index is 12.0. The molecular weight excluding hydrogens is 286 g/mol. The number of anilines is 2. The van der Waals surface area contributed by atoms with Crippen molar-refractivity contribution in [3.05, 3.63) is 6.07 Å². The monoisotopic (exact) mass is 311 g/mol. The van der Waals surface area contributed by atoms with E-state index in [9.17, 15) is 4.79 Å². The van der Waals surface area contributed by atoms with E-state index in [1.165, 1.54) is 11.8 Å². The molecule has 0 saturated heterocycles. The Balaban J connectivity index is 3.05. The number of thioether (sulfide) groups is 1. The van der Waals surface area contributed by atoms with Gasteiger partial charge in [0.05, 0.1) is 6.54 Å². The van der Waals surface area contributed by atoms with Gasteiger partial charge in [0.25, 0.3) is 0 Å². The summed E-state index contributed by atoms with van der Waals surface area (Å²) >= 11 is 1.50. The van der Waals surface area contributed by atoms with E-state index in [-0.39, 0.29) is 5.91 Å². The van der Waals surface area contributed by atoms with Crippen LogP contribution in [0.4, 0.5) is 11.6 Å². The van der Waals surface area contributed by atoms with Gasteiger partial charge >= 0.3 is 0 Å². The number of hydrogen-bond acceptors (Lipinski definition) is 6. The number of hydrogen-bond donors (Lipinski definition) is 1. The number of carbonyl (C=O) groups is 1. The fraction of sp³-hybridized carbons (Fsp3) is 0.643. The summed E-state index contributed by atoms with van der Waals surface area (Å²) in [6.07, 6.45) is 2.90. The van der Waals surface area contributed by atoms with Crippen LogP contribution in [-0.4, -0.2) is 60.8 Å². The molecule has 1 N–H and O–H groups in total. The number of nitrogens with zero attached hydrogens (tertiary/aromatic N) is 4. The average molecular weight is 311 g/mol. The van der Waals surface area contributed by atoms with E-state index in [0.717, 1.165) is 31.1 Å². The van der Waals surface area contributed by atoms with E-state index in [1.54, 1.807) is 19.0 Å². The Bertz CT molecular complexity index is 467. The Kier molecular flexibility index (Phi) is 7.28. The fourth-order valence-electron chi connectivity index (χ4n) is 1.79. The van der Waals surface area contributed by atoms with Crippen LogP contribution in [0.5, 0.6) is 0 Å². The van der Waals surface area contributed by atoms with Gasteiger partial charge in [0.2, 0.25) is 5.91 Å². The zero-order valence-electron chi connectivity index (χ0n) is 13.5. The third-order valence-electron chi connectivity index (χ3n) is 2.88. The van der Waals surface area contributed by atoms with Gasteiger partial charge in [-0.3, -0.25) is 4.79 Å². The molecule has 1 aromatic rings. The lowest BCUT2D eigenvalue weighted by Crippen LogP contribution is -2.37. The summed E-state index contributed by atoms with van der Waals surface area (Å²) in [7, 11) is 3.54. The smallest absolute Gasteiger partial charge is 0.241 e. The van der Waals surface area contributed by atoms with Gasteiger partial charge in [0.15, 0.2) is 5.16 Å². The molecule has 0 fully saturated rings. The van der Waals surface area contributed by atoms with Crippen molar-refractivity contribution in [1.82, 2.24) is 14.9 Å². The predicted molar refractivity (Wildman–Crippen MR) is 89.2 cm³/mol. The van der Waals surface area contributed by atoms with Crippen LogP contribution in [-0.2, 0) is 4.79 Å². The van der Waals surface area contributed by atoms with Gasteiger partial charge in [-0.1, -0.05) is 18.7 Å². The molecule has 0 aromatic carbocycles. The van der Waals surface area contributed by atoms with Crippen LogP contribution in [0.2, 0.25) is 0 Å². The fourth-order valence-corrected chi connectivity index (χ4v) is 2.16. The van der Waals surface area contributed by atoms with Crippen molar-refractivity contribution in [2.75, 3.05) is 50.2 Å². The summed E-state index contributed by atoms with van der Waals surface area (Å²) in [6.45, 7) is 6.04. The maximum absolute atomic E-state index is 12.0. The first-order valence-electron chi connectivity index (χ1n) is 7.13. The molecule has 0 aliphatic heterocycles. The minimum Gasteiger partial charge on any atom is -0.370 e. The Labute approximate surface area is 131 Å². The molecule has 0 radical (unpaired) electrons. The maximum Gasteiger partial charge on any atom is 0.241 e. The molecule has 21 heavy (non-hydrogen) atoms. The van der Waals surface area contributed by atoms with Crippen molar-refractivity contribution in [2.24, 2.45) is 0 Å². The molecule has 0 spiro atoms. The minimum atomic E-state index is 0.0674. The zero-order chi connectivity index (χ0) is 15.8. The first-order valence-corrected chi connectivity index (χ1v) is 8.36. The van der Waals surface area contributed by atoms with Crippen LogP contribution in [0.3, 0.4) is 0 Å². The zero-order valence-corrected chi connectivity index (χ0v) is 14.3. The van der Waals surface area contributed by atoms with Crippen LogP contribution in [0.25, 0.3) is 0 Å². The summed E-state index contributed by atoms with van der Waals surface area (Å²) in [5, 5.41) is 3.92. The van der Waals surface area contributed by atoms with Crippen molar-refractivity contribution < 1.29 is 4.79 Å². The number of amides is 1. The molecule has 0 saturated carbocycles. The molecule has 0 aliphatic carbocycles. The van der Waals surface area contributed by atoms with Crippen molar-refractivity contribution >= 4 is 29.3 Å². The van der Waals surface area contributed by atoms with Gasteiger partial charge in [-0.2, -0.15) is 0 Å². The van der Waals surface area contributed by atoms with E-state index >= 15 is 0 Å². The normalized spacial score (nSPS) is 10.3. The van der Waals surface area contributed by atoms with Gasteiger partial charge in [0.1, 0.15) is 11.6 Å². The minimum absolute atomic E-state index is 0.0674. The summed E-state index contributed by atoms with van der Waals surface area (Å²) in [5.74, 6) is 1.66. The van der Waals surface area contributed by atoms with Crippen molar-refractivity contribution in [3.8, 4) is 0 Å². The van der Waals surface area contributed by atoms with E-state index in [0.29, 0.717) is 11.7 Å². The molecule has 6 nitrogen and oxygen atoms in total. The Hall–Kier alpha value is -1.50. The number of likely N-dealkylation sites (N-methyl/N-ethyl adjacent to an activating group) is 1. The molecule has 1 aromatic heterocycles. The highest BCUT2D eigenvalue weighted by molar-refractivity contribution is 7.98. The van der Waals surface area contributed by atoms with Crippen LogP contribution in [0.1, 0.15) is 20.3 Å². The lowest BCUT2D eigenvalue weighted by atomic mass is 10.3. The average Bonchev–Trinajstić information content (AvgIpc) is 2.46. The molecule has 118 valence electrons. The Morgan fingerprint density at radius 3 is 2.57 bits per heavy atom. The highest BCUT2D eigenvalue weighted by Gasteiger charge is 2.15. The highest BCUT2D eigenvalue weighted by atomic mass is 32.2. The first kappa shape index (κ1) is 17.6. The van der Waals surface area contributed by atoms with Gasteiger partial charge in [-0.15, -0.1) is 0 Å². The van der Waals surface area contributed by atoms with E-state index in [1.807, 2.05) is 24.1 Å². The van der Waals surface area contributed by atoms with Crippen LogP contribution in [0.15, 0.2) is 11.2 Å². The molecule has 0 unspecified atom stereocenters. The molecule has 1 amide bonds. The number of nitrogens with one attached hydrogen (secondary N) is 1. The topological polar surface area (TPSA) is 61.4 Å². The van der Waals surface area contributed by atoms with E-state index < -0.39 is 0 Å². The first-order chi connectivity index (χ1) is 10.0. The SMILES string of the molecule is CCCN(CC(=O)N(C)C)c1cc(NCC)nc(SC)n1. The Morgan fingerprint density at radius 2 is 2.05 bits per heavy atom. The quantitative estimate of drug-likeness (QED) is 0.585. The molecule has 0 bridgehead atoms. The Morgan fingerprint density at radius 1 is 1.33 bits per heavy atom. The van der Waals surface area contributed by atoms with Crippen LogP contribution in [0, 0.1) is 0 Å². The third-order valence-corrected chi connectivity index (χ3v) is 3.42. The second-order valence-electron chi connectivity index (χ2n) is 4.84. The number of aromatic nitrogens is 2. The molecule has 7 heteroatoms.